The van der Waals surface area contributed by atoms with E-state index in [9.17, 15) is 0 Å². The Bertz CT molecular complexity index is 354. The van der Waals surface area contributed by atoms with Crippen LogP contribution in [0.3, 0.4) is 0 Å². The van der Waals surface area contributed by atoms with Gasteiger partial charge in [0.1, 0.15) is 0 Å². The van der Waals surface area contributed by atoms with Crippen molar-refractivity contribution in [3.05, 3.63) is 35.4 Å². The average molecular weight is 263 g/mol. The van der Waals surface area contributed by atoms with E-state index in [-0.39, 0.29) is 6.29 Å². The summed E-state index contributed by atoms with van der Waals surface area (Å²) < 4.78 is 11.0. The van der Waals surface area contributed by atoms with Crippen molar-refractivity contribution in [2.24, 2.45) is 0 Å². The van der Waals surface area contributed by atoms with E-state index in [0.29, 0.717) is 13.2 Å². The molecule has 3 nitrogen and oxygen atoms in total. The monoisotopic (exact) mass is 263 g/mol. The van der Waals surface area contributed by atoms with Crippen LogP contribution in [0.25, 0.3) is 0 Å². The van der Waals surface area contributed by atoms with E-state index in [1.54, 1.807) is 0 Å². The number of ether oxygens (including phenoxy) is 2. The Balaban J connectivity index is 1.71. The summed E-state index contributed by atoms with van der Waals surface area (Å²) in [6, 6.07) is 8.96. The molecule has 1 N–H and O–H groups in total. The lowest BCUT2D eigenvalue weighted by Gasteiger charge is -2.17. The molecule has 1 aromatic carbocycles. The summed E-state index contributed by atoms with van der Waals surface area (Å²) in [6.07, 6.45) is 2.59. The normalized spacial score (nSPS) is 15.1. The maximum Gasteiger partial charge on any atom is 0.169 e. The highest BCUT2D eigenvalue weighted by Crippen LogP contribution is 2.39. The third kappa shape index (κ3) is 4.94. The highest BCUT2D eigenvalue weighted by atomic mass is 16.7. The summed E-state index contributed by atoms with van der Waals surface area (Å²) in [5.41, 5.74) is 2.81. The first-order valence-corrected chi connectivity index (χ1v) is 7.36. The molecule has 0 amide bonds. The smallest absolute Gasteiger partial charge is 0.169 e. The molecular formula is C16H25NO2. The number of hydrogen-bond donors (Lipinski definition) is 1. The molecule has 2 rings (SSSR count). The van der Waals surface area contributed by atoms with Gasteiger partial charge in [-0.25, -0.2) is 0 Å². The molecule has 0 bridgehead atoms. The minimum atomic E-state index is -0.138. The Morgan fingerprint density at radius 1 is 1.11 bits per heavy atom. The Hall–Kier alpha value is -0.900. The van der Waals surface area contributed by atoms with Crippen molar-refractivity contribution in [2.45, 2.75) is 45.4 Å². The molecule has 0 aliphatic heterocycles. The van der Waals surface area contributed by atoms with Gasteiger partial charge in [-0.2, -0.15) is 0 Å². The molecule has 1 saturated carbocycles. The van der Waals surface area contributed by atoms with E-state index >= 15 is 0 Å². The van der Waals surface area contributed by atoms with Crippen molar-refractivity contribution in [1.29, 1.82) is 0 Å². The average Bonchev–Trinajstić information content (AvgIpc) is 3.24. The second-order valence-electron chi connectivity index (χ2n) is 4.99. The predicted molar refractivity (Wildman–Crippen MR) is 77.2 cm³/mol. The molecule has 0 aromatic heterocycles. The summed E-state index contributed by atoms with van der Waals surface area (Å²) in [5.74, 6) is 0.835. The molecule has 19 heavy (non-hydrogen) atoms. The fourth-order valence-corrected chi connectivity index (χ4v) is 2.20. The van der Waals surface area contributed by atoms with Gasteiger partial charge in [0.05, 0.1) is 0 Å². The second kappa shape index (κ2) is 7.63. The van der Waals surface area contributed by atoms with Crippen LogP contribution in [0.15, 0.2) is 24.3 Å². The van der Waals surface area contributed by atoms with E-state index in [1.165, 1.54) is 24.0 Å². The van der Waals surface area contributed by atoms with Gasteiger partial charge in [-0.15, -0.1) is 0 Å². The predicted octanol–water partition coefficient (Wildman–Crippen LogP) is 3.05. The van der Waals surface area contributed by atoms with Gasteiger partial charge in [0.25, 0.3) is 0 Å². The molecular weight excluding hydrogens is 238 g/mol. The number of rotatable bonds is 9. The number of benzene rings is 1. The van der Waals surface area contributed by atoms with Crippen molar-refractivity contribution >= 4 is 0 Å². The first kappa shape index (κ1) is 14.5. The van der Waals surface area contributed by atoms with Gasteiger partial charge in [-0.1, -0.05) is 24.3 Å². The summed E-state index contributed by atoms with van der Waals surface area (Å²) in [7, 11) is 0. The highest BCUT2D eigenvalue weighted by Gasteiger charge is 2.22. The molecule has 1 aromatic rings. The van der Waals surface area contributed by atoms with E-state index in [0.717, 1.165) is 19.0 Å². The maximum absolute atomic E-state index is 5.49. The van der Waals surface area contributed by atoms with Crippen LogP contribution in [0.4, 0.5) is 0 Å². The Kier molecular flexibility index (Phi) is 5.83. The van der Waals surface area contributed by atoms with Crippen molar-refractivity contribution in [3.63, 3.8) is 0 Å². The van der Waals surface area contributed by atoms with E-state index in [1.807, 2.05) is 13.8 Å². The molecule has 0 saturated heterocycles. The van der Waals surface area contributed by atoms with Gasteiger partial charge in [-0.05, 0) is 43.7 Å². The lowest BCUT2D eigenvalue weighted by atomic mass is 10.1. The minimum Gasteiger partial charge on any atom is -0.352 e. The minimum absolute atomic E-state index is 0.138. The van der Waals surface area contributed by atoms with Gasteiger partial charge in [0.2, 0.25) is 0 Å². The topological polar surface area (TPSA) is 30.5 Å². The first-order chi connectivity index (χ1) is 9.33. The van der Waals surface area contributed by atoms with E-state index in [4.69, 9.17) is 9.47 Å². The van der Waals surface area contributed by atoms with Crippen LogP contribution in [-0.2, 0) is 16.0 Å². The van der Waals surface area contributed by atoms with Crippen molar-refractivity contribution < 1.29 is 9.47 Å². The summed E-state index contributed by atoms with van der Waals surface area (Å²) in [6.45, 7) is 6.93. The van der Waals surface area contributed by atoms with E-state index < -0.39 is 0 Å². The fraction of sp³-hybridized carbons (Fsp3) is 0.625. The number of nitrogens with one attached hydrogen (secondary N) is 1. The zero-order valence-electron chi connectivity index (χ0n) is 12.0. The first-order valence-electron chi connectivity index (χ1n) is 7.36. The lowest BCUT2D eigenvalue weighted by Crippen LogP contribution is -2.31. The standard InChI is InChI=1S/C16H25NO2/c1-3-18-16(19-4-2)12-17-11-13-5-7-14(8-6-13)15-9-10-15/h5-8,15-17H,3-4,9-12H2,1-2H3. The zero-order valence-corrected chi connectivity index (χ0v) is 12.0. The summed E-state index contributed by atoms with van der Waals surface area (Å²) in [5, 5.41) is 3.39. The molecule has 3 heteroatoms. The van der Waals surface area contributed by atoms with Gasteiger partial charge >= 0.3 is 0 Å². The van der Waals surface area contributed by atoms with Crippen LogP contribution in [0.2, 0.25) is 0 Å². The van der Waals surface area contributed by atoms with Crippen LogP contribution in [0, 0.1) is 0 Å². The Morgan fingerprint density at radius 2 is 1.74 bits per heavy atom. The second-order valence-corrected chi connectivity index (χ2v) is 4.99. The van der Waals surface area contributed by atoms with Gasteiger partial charge in [0, 0.05) is 26.3 Å². The molecule has 1 aliphatic rings. The van der Waals surface area contributed by atoms with E-state index in [2.05, 4.69) is 29.6 Å². The summed E-state index contributed by atoms with van der Waals surface area (Å²) >= 11 is 0. The van der Waals surface area contributed by atoms with Crippen LogP contribution in [0.5, 0.6) is 0 Å². The highest BCUT2D eigenvalue weighted by molar-refractivity contribution is 5.27. The van der Waals surface area contributed by atoms with Crippen LogP contribution in [-0.4, -0.2) is 26.0 Å². The quantitative estimate of drug-likeness (QED) is 0.695. The van der Waals surface area contributed by atoms with Crippen LogP contribution < -0.4 is 5.32 Å². The van der Waals surface area contributed by atoms with Crippen molar-refractivity contribution in [1.82, 2.24) is 5.32 Å². The molecule has 1 aliphatic carbocycles. The fourth-order valence-electron chi connectivity index (χ4n) is 2.20. The number of hydrogen-bond acceptors (Lipinski definition) is 3. The Morgan fingerprint density at radius 3 is 2.26 bits per heavy atom. The third-order valence-electron chi connectivity index (χ3n) is 3.37. The molecule has 0 atom stereocenters. The molecule has 0 spiro atoms. The molecule has 0 heterocycles. The molecule has 1 fully saturated rings. The largest absolute Gasteiger partial charge is 0.352 e. The lowest BCUT2D eigenvalue weighted by molar-refractivity contribution is -0.133. The maximum atomic E-state index is 5.49. The molecule has 0 radical (unpaired) electrons. The van der Waals surface area contributed by atoms with Crippen LogP contribution >= 0.6 is 0 Å². The Labute approximate surface area is 116 Å². The molecule has 106 valence electrons. The van der Waals surface area contributed by atoms with Gasteiger partial charge in [0.15, 0.2) is 6.29 Å². The molecule has 0 unspecified atom stereocenters. The van der Waals surface area contributed by atoms with Crippen LogP contribution in [0.1, 0.15) is 43.7 Å². The van der Waals surface area contributed by atoms with Crippen molar-refractivity contribution in [3.8, 4) is 0 Å². The van der Waals surface area contributed by atoms with Crippen molar-refractivity contribution in [2.75, 3.05) is 19.8 Å². The summed E-state index contributed by atoms with van der Waals surface area (Å²) in [4.78, 5) is 0. The third-order valence-corrected chi connectivity index (χ3v) is 3.37. The van der Waals surface area contributed by atoms with Gasteiger partial charge in [-0.3, -0.25) is 0 Å². The van der Waals surface area contributed by atoms with Gasteiger partial charge < -0.3 is 14.8 Å². The SMILES string of the molecule is CCOC(CNCc1ccc(C2CC2)cc1)OCC. The zero-order chi connectivity index (χ0) is 13.5.